The van der Waals surface area contributed by atoms with Gasteiger partial charge in [-0.1, -0.05) is 30.3 Å². The molecule has 72 valence electrons. The molecule has 0 radical (unpaired) electrons. The summed E-state index contributed by atoms with van der Waals surface area (Å²) in [5.41, 5.74) is 2.07. The van der Waals surface area contributed by atoms with Crippen molar-refractivity contribution in [3.63, 3.8) is 0 Å². The first-order chi connectivity index (χ1) is 6.56. The van der Waals surface area contributed by atoms with Gasteiger partial charge in [-0.15, -0.1) is 6.42 Å². The molecule has 0 atom stereocenters. The molecule has 0 saturated heterocycles. The molecule has 1 nitrogen and oxygen atoms in total. The molecule has 1 aromatic rings. The van der Waals surface area contributed by atoms with Gasteiger partial charge in [0, 0.05) is 5.56 Å². The summed E-state index contributed by atoms with van der Waals surface area (Å²) in [7, 11) is 4.13. The van der Waals surface area contributed by atoms with Crippen molar-refractivity contribution in [1.29, 1.82) is 0 Å². The maximum atomic E-state index is 5.35. The molecule has 0 aromatic heterocycles. The summed E-state index contributed by atoms with van der Waals surface area (Å²) in [6, 6.07) is 10.3. The molecule has 1 aromatic carbocycles. The average molecular weight is 186 g/mol. The van der Waals surface area contributed by atoms with Crippen LogP contribution in [-0.2, 0) is 6.54 Å². The first-order valence-electron chi connectivity index (χ1n) is 4.59. The van der Waals surface area contributed by atoms with Gasteiger partial charge in [0.15, 0.2) is 5.70 Å². The lowest BCUT2D eigenvalue weighted by Crippen LogP contribution is -2.36. The Kier molecular flexibility index (Phi) is 3.11. The van der Waals surface area contributed by atoms with Crippen LogP contribution >= 0.6 is 0 Å². The number of hydrogen-bond acceptors (Lipinski definition) is 0. The summed E-state index contributed by atoms with van der Waals surface area (Å²) in [6.07, 6.45) is 5.35. The predicted molar refractivity (Wildman–Crippen MR) is 60.2 cm³/mol. The smallest absolute Gasteiger partial charge is 0.176 e. The molecule has 0 saturated carbocycles. The van der Waals surface area contributed by atoms with Gasteiger partial charge < -0.3 is 0 Å². The third kappa shape index (κ3) is 2.48. The first kappa shape index (κ1) is 10.6. The van der Waals surface area contributed by atoms with E-state index in [1.54, 1.807) is 0 Å². The standard InChI is InChI=1S/C13H16N/c1-5-12(2)14(3,4)11-13-9-7-6-8-10-13/h1,6-10H,2,11H2,3-4H3/q+1. The zero-order valence-electron chi connectivity index (χ0n) is 8.83. The molecule has 1 heteroatoms. The first-order valence-corrected chi connectivity index (χ1v) is 4.59. The summed E-state index contributed by atoms with van der Waals surface area (Å²) >= 11 is 0. The SMILES string of the molecule is C#CC(=C)[N+](C)(C)Cc1ccccc1. The Labute approximate surface area is 86.3 Å². The van der Waals surface area contributed by atoms with E-state index in [2.05, 4.69) is 38.7 Å². The van der Waals surface area contributed by atoms with E-state index in [0.717, 1.165) is 12.2 Å². The third-order valence-electron chi connectivity index (χ3n) is 2.32. The Bertz CT molecular complexity index is 355. The second kappa shape index (κ2) is 4.13. The van der Waals surface area contributed by atoms with Crippen molar-refractivity contribution >= 4 is 0 Å². The monoisotopic (exact) mass is 186 g/mol. The van der Waals surface area contributed by atoms with E-state index >= 15 is 0 Å². The van der Waals surface area contributed by atoms with Gasteiger partial charge in [0.2, 0.25) is 0 Å². The van der Waals surface area contributed by atoms with Crippen LogP contribution in [0.5, 0.6) is 0 Å². The van der Waals surface area contributed by atoms with Gasteiger partial charge in [-0.25, -0.2) is 0 Å². The summed E-state index contributed by atoms with van der Waals surface area (Å²) in [6.45, 7) is 4.76. The van der Waals surface area contributed by atoms with Crippen LogP contribution < -0.4 is 0 Å². The summed E-state index contributed by atoms with van der Waals surface area (Å²) in [5, 5.41) is 0. The van der Waals surface area contributed by atoms with Crippen molar-refractivity contribution < 1.29 is 4.48 Å². The van der Waals surface area contributed by atoms with Crippen LogP contribution in [-0.4, -0.2) is 18.6 Å². The Morgan fingerprint density at radius 3 is 2.43 bits per heavy atom. The van der Waals surface area contributed by atoms with Crippen LogP contribution in [0, 0.1) is 12.3 Å². The van der Waals surface area contributed by atoms with Gasteiger partial charge in [0.25, 0.3) is 0 Å². The summed E-state index contributed by atoms with van der Waals surface area (Å²) < 4.78 is 0.639. The molecule has 0 spiro atoms. The average Bonchev–Trinajstić information content (AvgIpc) is 2.17. The zero-order chi connectivity index (χ0) is 10.6. The fourth-order valence-corrected chi connectivity index (χ4v) is 1.31. The highest BCUT2D eigenvalue weighted by Crippen LogP contribution is 2.14. The van der Waals surface area contributed by atoms with E-state index < -0.39 is 0 Å². The van der Waals surface area contributed by atoms with Gasteiger partial charge in [-0.2, -0.15) is 0 Å². The van der Waals surface area contributed by atoms with Gasteiger partial charge in [-0.05, 0) is 12.5 Å². The normalized spacial score (nSPS) is 10.6. The number of rotatable bonds is 3. The van der Waals surface area contributed by atoms with Gasteiger partial charge in [-0.3, -0.25) is 4.48 Å². The van der Waals surface area contributed by atoms with Crippen LogP contribution in [0.2, 0.25) is 0 Å². The molecule has 0 amide bonds. The van der Waals surface area contributed by atoms with E-state index in [1.165, 1.54) is 5.56 Å². The van der Waals surface area contributed by atoms with Crippen molar-refractivity contribution in [2.75, 3.05) is 14.1 Å². The van der Waals surface area contributed by atoms with Crippen molar-refractivity contribution in [3.05, 3.63) is 48.2 Å². The summed E-state index contributed by atoms with van der Waals surface area (Å²) in [5.74, 6) is 2.60. The van der Waals surface area contributed by atoms with Gasteiger partial charge in [0.05, 0.1) is 14.1 Å². The zero-order valence-corrected chi connectivity index (χ0v) is 8.83. The molecule has 1 rings (SSSR count). The molecule has 0 heterocycles. The van der Waals surface area contributed by atoms with E-state index in [9.17, 15) is 0 Å². The third-order valence-corrected chi connectivity index (χ3v) is 2.32. The molecule has 0 aliphatic heterocycles. The predicted octanol–water partition coefficient (Wildman–Crippen LogP) is 2.41. The van der Waals surface area contributed by atoms with Crippen LogP contribution in [0.4, 0.5) is 0 Å². The second-order valence-electron chi connectivity index (χ2n) is 3.92. The molecule has 0 bridgehead atoms. The topological polar surface area (TPSA) is 0 Å². The van der Waals surface area contributed by atoms with Crippen molar-refractivity contribution in [2.24, 2.45) is 0 Å². The lowest BCUT2D eigenvalue weighted by Gasteiger charge is -2.28. The Hall–Kier alpha value is -1.52. The molecular weight excluding hydrogens is 170 g/mol. The van der Waals surface area contributed by atoms with Crippen LogP contribution in [0.3, 0.4) is 0 Å². The fourth-order valence-electron chi connectivity index (χ4n) is 1.31. The molecular formula is C13H16N+. The fraction of sp³-hybridized carbons (Fsp3) is 0.231. The molecule has 0 N–H and O–H groups in total. The summed E-state index contributed by atoms with van der Waals surface area (Å²) in [4.78, 5) is 0. The highest BCUT2D eigenvalue weighted by molar-refractivity contribution is 5.17. The molecule has 0 fully saturated rings. The van der Waals surface area contributed by atoms with Crippen molar-refractivity contribution in [3.8, 4) is 12.3 Å². The van der Waals surface area contributed by atoms with E-state index in [4.69, 9.17) is 6.42 Å². The Morgan fingerprint density at radius 2 is 1.93 bits per heavy atom. The minimum absolute atomic E-state index is 0.639. The van der Waals surface area contributed by atoms with E-state index in [-0.39, 0.29) is 0 Å². The lowest BCUT2D eigenvalue weighted by molar-refractivity contribution is -0.861. The van der Waals surface area contributed by atoms with Gasteiger partial charge >= 0.3 is 0 Å². The minimum Gasteiger partial charge on any atom is -0.285 e. The molecule has 0 aliphatic carbocycles. The molecule has 14 heavy (non-hydrogen) atoms. The van der Waals surface area contributed by atoms with Crippen LogP contribution in [0.15, 0.2) is 42.6 Å². The lowest BCUT2D eigenvalue weighted by atomic mass is 10.2. The number of benzene rings is 1. The van der Waals surface area contributed by atoms with E-state index in [1.807, 2.05) is 18.2 Å². The largest absolute Gasteiger partial charge is 0.285 e. The number of hydrogen-bond donors (Lipinski definition) is 0. The Morgan fingerprint density at radius 1 is 1.36 bits per heavy atom. The molecule has 0 aliphatic rings. The Balaban J connectivity index is 2.80. The number of quaternary nitrogens is 1. The number of terminal acetylenes is 1. The number of allylic oxidation sites excluding steroid dienone is 1. The second-order valence-corrected chi connectivity index (χ2v) is 3.92. The maximum absolute atomic E-state index is 5.35. The quantitative estimate of drug-likeness (QED) is 0.502. The van der Waals surface area contributed by atoms with Crippen molar-refractivity contribution in [1.82, 2.24) is 0 Å². The van der Waals surface area contributed by atoms with Crippen molar-refractivity contribution in [2.45, 2.75) is 6.54 Å². The number of nitrogens with zero attached hydrogens (tertiary/aromatic N) is 1. The minimum atomic E-state index is 0.639. The van der Waals surface area contributed by atoms with E-state index in [0.29, 0.717) is 4.48 Å². The maximum Gasteiger partial charge on any atom is 0.176 e. The van der Waals surface area contributed by atoms with Gasteiger partial charge in [0.1, 0.15) is 6.54 Å². The van der Waals surface area contributed by atoms with Crippen LogP contribution in [0.25, 0.3) is 0 Å². The highest BCUT2D eigenvalue weighted by atomic mass is 15.3. The van der Waals surface area contributed by atoms with Crippen LogP contribution in [0.1, 0.15) is 5.56 Å². The molecule has 0 unspecified atom stereocenters. The highest BCUT2D eigenvalue weighted by Gasteiger charge is 2.18.